The van der Waals surface area contributed by atoms with E-state index < -0.39 is 0 Å². The van der Waals surface area contributed by atoms with E-state index in [2.05, 4.69) is 15.1 Å². The van der Waals surface area contributed by atoms with Gasteiger partial charge in [0, 0.05) is 18.9 Å². The minimum atomic E-state index is 0.222. The maximum atomic E-state index is 9.06. The van der Waals surface area contributed by atoms with E-state index in [0.717, 1.165) is 5.69 Å². The Labute approximate surface area is 109 Å². The Hall–Kier alpha value is -1.97. The highest BCUT2D eigenvalue weighted by molar-refractivity contribution is 6.31. The van der Waals surface area contributed by atoms with Crippen molar-refractivity contribution < 1.29 is 4.74 Å². The van der Waals surface area contributed by atoms with E-state index in [4.69, 9.17) is 21.6 Å². The van der Waals surface area contributed by atoms with Gasteiger partial charge in [-0.25, -0.2) is 14.6 Å². The summed E-state index contributed by atoms with van der Waals surface area (Å²) in [6.07, 6.45) is 1.42. The maximum Gasteiger partial charge on any atom is 0.158 e. The predicted octanol–water partition coefficient (Wildman–Crippen LogP) is 1.64. The van der Waals surface area contributed by atoms with E-state index >= 15 is 0 Å². The average Bonchev–Trinajstić information content (AvgIpc) is 2.66. The zero-order valence-electron chi connectivity index (χ0n) is 9.88. The van der Waals surface area contributed by atoms with Crippen molar-refractivity contribution in [1.29, 1.82) is 5.26 Å². The molecule has 0 aromatic carbocycles. The summed E-state index contributed by atoms with van der Waals surface area (Å²) in [6, 6.07) is 3.75. The minimum absolute atomic E-state index is 0.222. The van der Waals surface area contributed by atoms with Gasteiger partial charge in [0.05, 0.1) is 6.61 Å². The Morgan fingerprint density at radius 3 is 2.89 bits per heavy atom. The number of hydrogen-bond acceptors (Lipinski definition) is 5. The van der Waals surface area contributed by atoms with Crippen LogP contribution >= 0.6 is 11.6 Å². The fraction of sp³-hybridized carbons (Fsp3) is 0.273. The van der Waals surface area contributed by atoms with Gasteiger partial charge in [-0.2, -0.15) is 10.4 Å². The summed E-state index contributed by atoms with van der Waals surface area (Å²) in [5, 5.41) is 13.5. The Kier molecular flexibility index (Phi) is 3.55. The highest BCUT2D eigenvalue weighted by Gasteiger charge is 2.17. The predicted molar refractivity (Wildman–Crippen MR) is 64.3 cm³/mol. The lowest BCUT2D eigenvalue weighted by molar-refractivity contribution is 0.181. The zero-order chi connectivity index (χ0) is 13.1. The summed E-state index contributed by atoms with van der Waals surface area (Å²) >= 11 is 6.11. The second-order valence-electron chi connectivity index (χ2n) is 3.59. The molecule has 18 heavy (non-hydrogen) atoms. The lowest BCUT2D eigenvalue weighted by Gasteiger charge is -2.01. The average molecular weight is 264 g/mol. The van der Waals surface area contributed by atoms with E-state index in [1.165, 1.54) is 18.1 Å². The Morgan fingerprint density at radius 2 is 2.28 bits per heavy atom. The van der Waals surface area contributed by atoms with Crippen LogP contribution in [0.1, 0.15) is 17.0 Å². The van der Waals surface area contributed by atoms with Gasteiger partial charge in [-0.3, -0.25) is 0 Å². The number of ether oxygens (including phenoxy) is 1. The molecule has 0 saturated heterocycles. The molecule has 0 aliphatic rings. The largest absolute Gasteiger partial charge is 0.378 e. The summed E-state index contributed by atoms with van der Waals surface area (Å²) < 4.78 is 6.39. The molecule has 0 aliphatic heterocycles. The van der Waals surface area contributed by atoms with Crippen molar-refractivity contribution in [2.24, 2.45) is 0 Å². The van der Waals surface area contributed by atoms with Gasteiger partial charge in [-0.1, -0.05) is 11.6 Å². The molecule has 0 amide bonds. The number of aromatic nitrogens is 4. The molecule has 2 rings (SSSR count). The van der Waals surface area contributed by atoms with Crippen LogP contribution in [-0.2, 0) is 11.3 Å². The van der Waals surface area contributed by atoms with Crippen LogP contribution < -0.4 is 0 Å². The minimum Gasteiger partial charge on any atom is -0.378 e. The topological polar surface area (TPSA) is 76.6 Å². The molecular weight excluding hydrogens is 254 g/mol. The number of methoxy groups -OCH3 is 1. The Morgan fingerprint density at radius 1 is 1.50 bits per heavy atom. The fourth-order valence-electron chi connectivity index (χ4n) is 1.50. The second-order valence-corrected chi connectivity index (χ2v) is 3.94. The van der Waals surface area contributed by atoms with Gasteiger partial charge in [0.15, 0.2) is 11.0 Å². The second kappa shape index (κ2) is 5.12. The van der Waals surface area contributed by atoms with Gasteiger partial charge in [0.1, 0.15) is 23.7 Å². The van der Waals surface area contributed by atoms with Gasteiger partial charge >= 0.3 is 0 Å². The third kappa shape index (κ3) is 2.18. The molecule has 2 aromatic rings. The molecule has 0 bridgehead atoms. The molecule has 0 unspecified atom stereocenters. The van der Waals surface area contributed by atoms with Crippen molar-refractivity contribution in [3.8, 4) is 11.9 Å². The van der Waals surface area contributed by atoms with Crippen molar-refractivity contribution in [2.75, 3.05) is 7.11 Å². The molecule has 0 radical (unpaired) electrons. The molecule has 6 nitrogen and oxygen atoms in total. The molecule has 0 spiro atoms. The number of rotatable bonds is 3. The van der Waals surface area contributed by atoms with Crippen molar-refractivity contribution in [3.63, 3.8) is 0 Å². The van der Waals surface area contributed by atoms with Crippen molar-refractivity contribution >= 4 is 11.6 Å². The van der Waals surface area contributed by atoms with Gasteiger partial charge in [-0.15, -0.1) is 0 Å². The lowest BCUT2D eigenvalue weighted by Crippen LogP contribution is -2.02. The van der Waals surface area contributed by atoms with Gasteiger partial charge < -0.3 is 4.74 Å². The monoisotopic (exact) mass is 263 g/mol. The van der Waals surface area contributed by atoms with Crippen LogP contribution in [0.4, 0.5) is 0 Å². The van der Waals surface area contributed by atoms with E-state index in [0.29, 0.717) is 17.1 Å². The summed E-state index contributed by atoms with van der Waals surface area (Å²) in [6.45, 7) is 2.06. The number of nitriles is 1. The van der Waals surface area contributed by atoms with Gasteiger partial charge in [-0.05, 0) is 6.92 Å². The summed E-state index contributed by atoms with van der Waals surface area (Å²) in [7, 11) is 1.53. The van der Waals surface area contributed by atoms with Crippen LogP contribution in [0.15, 0.2) is 12.4 Å². The van der Waals surface area contributed by atoms with E-state index in [1.807, 2.05) is 13.0 Å². The van der Waals surface area contributed by atoms with Crippen molar-refractivity contribution in [1.82, 2.24) is 19.7 Å². The summed E-state index contributed by atoms with van der Waals surface area (Å²) in [4.78, 5) is 8.07. The molecule has 0 fully saturated rings. The standard InChI is InChI=1S/C11H10ClN5O/c1-7-3-10(15-6-14-7)17-11(12)8(4-13)9(16-17)5-18-2/h3,6H,5H2,1-2H3. The number of halogens is 1. The van der Waals surface area contributed by atoms with Gasteiger partial charge in [0.25, 0.3) is 0 Å². The molecule has 7 heteroatoms. The lowest BCUT2D eigenvalue weighted by atomic mass is 10.3. The quantitative estimate of drug-likeness (QED) is 0.841. The van der Waals surface area contributed by atoms with E-state index in [9.17, 15) is 0 Å². The summed E-state index contributed by atoms with van der Waals surface area (Å²) in [5.74, 6) is 0.520. The highest BCUT2D eigenvalue weighted by atomic mass is 35.5. The van der Waals surface area contributed by atoms with Crippen LogP contribution in [-0.4, -0.2) is 26.9 Å². The molecule has 92 valence electrons. The first-order valence-electron chi connectivity index (χ1n) is 5.12. The van der Waals surface area contributed by atoms with Crippen molar-refractivity contribution in [2.45, 2.75) is 13.5 Å². The summed E-state index contributed by atoms with van der Waals surface area (Å²) in [5.41, 5.74) is 1.58. The molecule has 2 aromatic heterocycles. The van der Waals surface area contributed by atoms with E-state index in [1.54, 1.807) is 6.07 Å². The molecule has 2 heterocycles. The third-order valence-electron chi connectivity index (χ3n) is 2.30. The number of aryl methyl sites for hydroxylation is 1. The molecule has 0 N–H and O–H groups in total. The van der Waals surface area contributed by atoms with Crippen LogP contribution in [0.25, 0.3) is 5.82 Å². The van der Waals surface area contributed by atoms with Crippen LogP contribution in [0, 0.1) is 18.3 Å². The highest BCUT2D eigenvalue weighted by Crippen LogP contribution is 2.22. The van der Waals surface area contributed by atoms with Crippen LogP contribution in [0.3, 0.4) is 0 Å². The van der Waals surface area contributed by atoms with Gasteiger partial charge in [0.2, 0.25) is 0 Å². The normalized spacial score (nSPS) is 10.3. The first kappa shape index (κ1) is 12.5. The Balaban J connectivity index is 2.56. The number of nitrogens with zero attached hydrogens (tertiary/aromatic N) is 5. The third-order valence-corrected chi connectivity index (χ3v) is 2.65. The smallest absolute Gasteiger partial charge is 0.158 e. The molecule has 0 aliphatic carbocycles. The van der Waals surface area contributed by atoms with Crippen LogP contribution in [0.2, 0.25) is 5.15 Å². The fourth-order valence-corrected chi connectivity index (χ4v) is 1.77. The van der Waals surface area contributed by atoms with Crippen LogP contribution in [0.5, 0.6) is 0 Å². The van der Waals surface area contributed by atoms with Crippen molar-refractivity contribution in [3.05, 3.63) is 34.5 Å². The maximum absolute atomic E-state index is 9.06. The Bertz CT molecular complexity index is 616. The molecular formula is C11H10ClN5O. The first-order valence-corrected chi connectivity index (χ1v) is 5.50. The number of hydrogen-bond donors (Lipinski definition) is 0. The first-order chi connectivity index (χ1) is 8.67. The van der Waals surface area contributed by atoms with E-state index in [-0.39, 0.29) is 11.8 Å². The SMILES string of the molecule is COCc1nn(-c2cc(C)ncn2)c(Cl)c1C#N. The molecule has 0 saturated carbocycles. The zero-order valence-corrected chi connectivity index (χ0v) is 10.6. The molecule has 0 atom stereocenters.